The molecule has 0 saturated heterocycles. The van der Waals surface area contributed by atoms with Gasteiger partial charge in [0.2, 0.25) is 0 Å². The quantitative estimate of drug-likeness (QED) is 0.299. The minimum atomic E-state index is -0.711. The fourth-order valence-electron chi connectivity index (χ4n) is 4.22. The molecule has 2 atom stereocenters. The van der Waals surface area contributed by atoms with Crippen LogP contribution < -0.4 is 16.4 Å². The van der Waals surface area contributed by atoms with Crippen LogP contribution in [0.4, 0.5) is 11.4 Å². The fourth-order valence-corrected chi connectivity index (χ4v) is 4.52. The summed E-state index contributed by atoms with van der Waals surface area (Å²) >= 11 is 12.2. The summed E-state index contributed by atoms with van der Waals surface area (Å²) in [5.74, 6) is -0.412. The van der Waals surface area contributed by atoms with E-state index in [1.807, 2.05) is 30.3 Å². The highest BCUT2D eigenvalue weighted by Gasteiger charge is 2.61. The SMILES string of the molecule is COC(=O)[C@@]1(c2ccc(Cl)c(Cl)c2)C[C@@H]1CNCc1ccc(C(=O)Nc2ccccc2N)cc1. The lowest BCUT2D eigenvalue weighted by atomic mass is 9.93. The molecule has 1 saturated carbocycles. The predicted octanol–water partition coefficient (Wildman–Crippen LogP) is 5.05. The molecular formula is C26H25Cl2N3O3. The first-order chi connectivity index (χ1) is 16.3. The normalized spacial score (nSPS) is 18.9. The molecule has 6 nitrogen and oxygen atoms in total. The van der Waals surface area contributed by atoms with Crippen LogP contribution in [0.3, 0.4) is 0 Å². The smallest absolute Gasteiger partial charge is 0.316 e. The second kappa shape index (κ2) is 10.1. The van der Waals surface area contributed by atoms with E-state index in [2.05, 4.69) is 10.6 Å². The molecule has 3 aromatic rings. The van der Waals surface area contributed by atoms with E-state index in [9.17, 15) is 9.59 Å². The lowest BCUT2D eigenvalue weighted by Gasteiger charge is -2.17. The summed E-state index contributed by atoms with van der Waals surface area (Å²) in [6.45, 7) is 1.23. The van der Waals surface area contributed by atoms with Crippen LogP contribution in [0.2, 0.25) is 10.0 Å². The molecule has 0 spiro atoms. The summed E-state index contributed by atoms with van der Waals surface area (Å²) in [6.07, 6.45) is 0.673. The number of benzene rings is 3. The van der Waals surface area contributed by atoms with Crippen LogP contribution in [0, 0.1) is 5.92 Å². The number of hydrogen-bond acceptors (Lipinski definition) is 5. The Hall–Kier alpha value is -3.06. The molecule has 4 N–H and O–H groups in total. The zero-order valence-corrected chi connectivity index (χ0v) is 20.1. The van der Waals surface area contributed by atoms with Gasteiger partial charge in [0, 0.05) is 12.1 Å². The van der Waals surface area contributed by atoms with Crippen LogP contribution in [-0.2, 0) is 21.5 Å². The van der Waals surface area contributed by atoms with E-state index in [0.29, 0.717) is 46.5 Å². The number of nitrogen functional groups attached to an aromatic ring is 1. The first kappa shape index (κ1) is 24.1. The van der Waals surface area contributed by atoms with Crippen molar-refractivity contribution in [2.45, 2.75) is 18.4 Å². The summed E-state index contributed by atoms with van der Waals surface area (Å²) in [5.41, 5.74) is 8.65. The fraction of sp³-hybridized carbons (Fsp3) is 0.231. The highest BCUT2D eigenvalue weighted by atomic mass is 35.5. The molecule has 34 heavy (non-hydrogen) atoms. The Bertz CT molecular complexity index is 1220. The lowest BCUT2D eigenvalue weighted by Crippen LogP contribution is -2.28. The van der Waals surface area contributed by atoms with Crippen LogP contribution >= 0.6 is 23.2 Å². The predicted molar refractivity (Wildman–Crippen MR) is 135 cm³/mol. The third-order valence-electron chi connectivity index (χ3n) is 6.23. The monoisotopic (exact) mass is 497 g/mol. The van der Waals surface area contributed by atoms with E-state index in [0.717, 1.165) is 11.1 Å². The number of esters is 1. The van der Waals surface area contributed by atoms with Gasteiger partial charge in [0.05, 0.1) is 33.9 Å². The lowest BCUT2D eigenvalue weighted by molar-refractivity contribution is -0.144. The standard InChI is InChI=1S/C26H25Cl2N3O3/c1-34-25(33)26(18-10-11-20(27)21(28)12-18)13-19(26)15-30-14-16-6-8-17(9-7-16)24(32)31-23-5-3-2-4-22(23)29/h2-12,19,30H,13-15,29H2,1H3,(H,31,32)/t19-,26-/m1/s1. The Balaban J connectivity index is 1.34. The molecule has 1 fully saturated rings. The summed E-state index contributed by atoms with van der Waals surface area (Å²) in [6, 6.07) is 19.8. The van der Waals surface area contributed by atoms with Crippen LogP contribution in [-0.4, -0.2) is 25.5 Å². The first-order valence-electron chi connectivity index (χ1n) is 10.8. The van der Waals surface area contributed by atoms with Crippen LogP contribution in [0.15, 0.2) is 66.7 Å². The zero-order chi connectivity index (χ0) is 24.3. The summed E-state index contributed by atoms with van der Waals surface area (Å²) in [4.78, 5) is 25.1. The van der Waals surface area contributed by atoms with Crippen molar-refractivity contribution in [3.63, 3.8) is 0 Å². The van der Waals surface area contributed by atoms with Crippen LogP contribution in [0.5, 0.6) is 0 Å². The molecule has 0 aromatic heterocycles. The number of hydrogen-bond donors (Lipinski definition) is 3. The van der Waals surface area contributed by atoms with Gasteiger partial charge in [-0.15, -0.1) is 0 Å². The van der Waals surface area contributed by atoms with E-state index >= 15 is 0 Å². The Morgan fingerprint density at radius 1 is 1.06 bits per heavy atom. The van der Waals surface area contributed by atoms with Crippen LogP contribution in [0.1, 0.15) is 27.9 Å². The molecule has 176 valence electrons. The molecule has 1 amide bonds. The van der Waals surface area contributed by atoms with Crippen molar-refractivity contribution in [2.24, 2.45) is 5.92 Å². The molecule has 4 rings (SSSR count). The number of para-hydroxylation sites is 2. The van der Waals surface area contributed by atoms with E-state index in [1.54, 1.807) is 36.4 Å². The third kappa shape index (κ3) is 4.89. The average Bonchev–Trinajstić information content (AvgIpc) is 3.57. The minimum absolute atomic E-state index is 0.0820. The van der Waals surface area contributed by atoms with Crippen molar-refractivity contribution in [3.8, 4) is 0 Å². The van der Waals surface area contributed by atoms with Gasteiger partial charge in [0.15, 0.2) is 0 Å². The average molecular weight is 498 g/mol. The van der Waals surface area contributed by atoms with Gasteiger partial charge < -0.3 is 21.1 Å². The van der Waals surface area contributed by atoms with Crippen molar-refractivity contribution >= 4 is 46.5 Å². The van der Waals surface area contributed by atoms with E-state index in [1.165, 1.54) is 7.11 Å². The first-order valence-corrected chi connectivity index (χ1v) is 11.6. The van der Waals surface area contributed by atoms with Crippen LogP contribution in [0.25, 0.3) is 0 Å². The Morgan fingerprint density at radius 3 is 2.47 bits per heavy atom. The van der Waals surface area contributed by atoms with Crippen molar-refractivity contribution in [1.29, 1.82) is 0 Å². The molecule has 1 aliphatic carbocycles. The van der Waals surface area contributed by atoms with Gasteiger partial charge in [0.25, 0.3) is 5.91 Å². The maximum atomic E-state index is 12.6. The molecule has 0 bridgehead atoms. The van der Waals surface area contributed by atoms with Crippen molar-refractivity contribution in [3.05, 3.63) is 93.5 Å². The number of methoxy groups -OCH3 is 1. The van der Waals surface area contributed by atoms with Crippen molar-refractivity contribution in [1.82, 2.24) is 5.32 Å². The number of halogens is 2. The molecule has 0 heterocycles. The largest absolute Gasteiger partial charge is 0.468 e. The Morgan fingerprint density at radius 2 is 1.79 bits per heavy atom. The van der Waals surface area contributed by atoms with E-state index in [4.69, 9.17) is 33.7 Å². The van der Waals surface area contributed by atoms with Crippen molar-refractivity contribution in [2.75, 3.05) is 24.7 Å². The zero-order valence-electron chi connectivity index (χ0n) is 18.6. The van der Waals surface area contributed by atoms with Crippen molar-refractivity contribution < 1.29 is 14.3 Å². The summed E-state index contributed by atoms with van der Waals surface area (Å²) in [5, 5.41) is 7.09. The molecule has 0 unspecified atom stereocenters. The van der Waals surface area contributed by atoms with Gasteiger partial charge >= 0.3 is 5.97 Å². The molecule has 1 aliphatic rings. The highest BCUT2D eigenvalue weighted by molar-refractivity contribution is 6.42. The topological polar surface area (TPSA) is 93.4 Å². The maximum absolute atomic E-state index is 12.6. The summed E-state index contributed by atoms with van der Waals surface area (Å²) < 4.78 is 5.09. The number of amides is 1. The second-order valence-corrected chi connectivity index (χ2v) is 9.18. The number of nitrogens with one attached hydrogen (secondary N) is 2. The second-order valence-electron chi connectivity index (χ2n) is 8.36. The molecular weight excluding hydrogens is 473 g/mol. The molecule has 8 heteroatoms. The maximum Gasteiger partial charge on any atom is 0.316 e. The number of rotatable bonds is 8. The Kier molecular flexibility index (Phi) is 7.12. The summed E-state index contributed by atoms with van der Waals surface area (Å²) in [7, 11) is 1.40. The van der Waals surface area contributed by atoms with E-state index < -0.39 is 5.41 Å². The molecule has 0 radical (unpaired) electrons. The number of nitrogens with two attached hydrogens (primary N) is 1. The minimum Gasteiger partial charge on any atom is -0.468 e. The van der Waals surface area contributed by atoms with Gasteiger partial charge in [-0.05, 0) is 66.4 Å². The highest BCUT2D eigenvalue weighted by Crippen LogP contribution is 2.55. The van der Waals surface area contributed by atoms with Gasteiger partial charge in [-0.2, -0.15) is 0 Å². The third-order valence-corrected chi connectivity index (χ3v) is 6.97. The molecule has 0 aliphatic heterocycles. The molecule has 3 aromatic carbocycles. The van der Waals surface area contributed by atoms with E-state index in [-0.39, 0.29) is 17.8 Å². The van der Waals surface area contributed by atoms with Gasteiger partial charge in [-0.3, -0.25) is 9.59 Å². The van der Waals surface area contributed by atoms with Gasteiger partial charge in [0.1, 0.15) is 0 Å². The number of carbonyl (C=O) groups excluding carboxylic acids is 2. The number of carbonyl (C=O) groups is 2. The van der Waals surface area contributed by atoms with Gasteiger partial charge in [-0.1, -0.05) is 53.5 Å². The Labute approximate surface area is 208 Å². The van der Waals surface area contributed by atoms with Gasteiger partial charge in [-0.25, -0.2) is 0 Å². The number of ether oxygens (including phenoxy) is 1. The number of anilines is 2.